The number of hydrogen-bond acceptors (Lipinski definition) is 7. The van der Waals surface area contributed by atoms with Crippen LogP contribution >= 0.6 is 0 Å². The number of ether oxygens (including phenoxy) is 1. The molecule has 11 heteroatoms. The molecule has 49 heavy (non-hydrogen) atoms. The number of carbonyl (C=O) groups excluding carboxylic acids is 2. The molecule has 4 aromatic heterocycles. The van der Waals surface area contributed by atoms with Crippen molar-refractivity contribution in [2.75, 3.05) is 13.1 Å². The van der Waals surface area contributed by atoms with Crippen molar-refractivity contribution in [3.63, 3.8) is 0 Å². The van der Waals surface area contributed by atoms with Crippen molar-refractivity contribution in [1.29, 1.82) is 0 Å². The third-order valence-corrected chi connectivity index (χ3v) is 9.15. The fourth-order valence-electron chi connectivity index (χ4n) is 6.73. The molecule has 11 nitrogen and oxygen atoms in total. The minimum Gasteiger partial charge on any atom is -0.457 e. The third-order valence-electron chi connectivity index (χ3n) is 9.15. The Hall–Kier alpha value is -6.10. The summed E-state index contributed by atoms with van der Waals surface area (Å²) < 4.78 is 6.23. The van der Waals surface area contributed by atoms with E-state index in [2.05, 4.69) is 24.9 Å². The van der Waals surface area contributed by atoms with Crippen molar-refractivity contribution in [2.24, 2.45) is 0 Å². The summed E-state index contributed by atoms with van der Waals surface area (Å²) in [4.78, 5) is 54.8. The Morgan fingerprint density at radius 1 is 0.694 bits per heavy atom. The number of benzene rings is 2. The summed E-state index contributed by atoms with van der Waals surface area (Å²) in [5.74, 6) is 2.76. The topological polar surface area (TPSA) is 133 Å². The van der Waals surface area contributed by atoms with E-state index in [1.807, 2.05) is 95.0 Å². The summed E-state index contributed by atoms with van der Waals surface area (Å²) in [7, 11) is 0. The minimum atomic E-state index is -0.127. The van der Waals surface area contributed by atoms with E-state index >= 15 is 0 Å². The first-order valence-electron chi connectivity index (χ1n) is 16.5. The molecular weight excluding hydrogens is 616 g/mol. The van der Waals surface area contributed by atoms with E-state index in [-0.39, 0.29) is 23.9 Å². The number of carbonyl (C=O) groups is 2. The highest BCUT2D eigenvalue weighted by Gasteiger charge is 2.34. The number of aromatic amines is 2. The Morgan fingerprint density at radius 2 is 1.37 bits per heavy atom. The van der Waals surface area contributed by atoms with Gasteiger partial charge in [-0.1, -0.05) is 24.3 Å². The Morgan fingerprint density at radius 3 is 2.02 bits per heavy atom. The molecule has 6 heterocycles. The predicted molar refractivity (Wildman–Crippen MR) is 183 cm³/mol. The molecule has 0 spiro atoms. The molecule has 0 aliphatic carbocycles. The second kappa shape index (κ2) is 13.2. The molecule has 2 fully saturated rings. The zero-order chi connectivity index (χ0) is 33.2. The van der Waals surface area contributed by atoms with Crippen LogP contribution in [0.15, 0.2) is 110 Å². The molecular formula is C38H34N8O3. The first kappa shape index (κ1) is 30.2. The van der Waals surface area contributed by atoms with Crippen LogP contribution in [-0.2, 0) is 0 Å². The molecule has 2 aromatic carbocycles. The van der Waals surface area contributed by atoms with Crippen molar-refractivity contribution >= 4 is 11.8 Å². The number of aromatic nitrogens is 6. The molecule has 2 amide bonds. The average Bonchev–Trinajstić information content (AvgIpc) is 3.99. The SMILES string of the molecule is O=C(c1ccccn1)N1CCC[C@H]1c1nc(-c2cccc(Oc3ccc(-c4cnc([C@@H]5CCCN5C(=O)c5ccccn5)[nH]4)cc3)c2)c[nH]1. The van der Waals surface area contributed by atoms with Gasteiger partial charge in [0.05, 0.1) is 29.7 Å². The first-order chi connectivity index (χ1) is 24.1. The molecule has 2 atom stereocenters. The number of imidazole rings is 2. The molecule has 8 rings (SSSR count). The van der Waals surface area contributed by atoms with Gasteiger partial charge in [-0.3, -0.25) is 19.6 Å². The van der Waals surface area contributed by atoms with Gasteiger partial charge in [-0.25, -0.2) is 9.97 Å². The van der Waals surface area contributed by atoms with Gasteiger partial charge in [-0.05, 0) is 91.9 Å². The number of nitrogens with zero attached hydrogens (tertiary/aromatic N) is 6. The fourth-order valence-corrected chi connectivity index (χ4v) is 6.73. The normalized spacial score (nSPS) is 17.4. The van der Waals surface area contributed by atoms with Crippen molar-refractivity contribution in [1.82, 2.24) is 39.7 Å². The van der Waals surface area contributed by atoms with Gasteiger partial charge in [0.15, 0.2) is 0 Å². The summed E-state index contributed by atoms with van der Waals surface area (Å²) in [6, 6.07) is 26.2. The van der Waals surface area contributed by atoms with Crippen LogP contribution in [0.3, 0.4) is 0 Å². The maximum atomic E-state index is 13.1. The number of hydrogen-bond donors (Lipinski definition) is 2. The zero-order valence-corrected chi connectivity index (χ0v) is 26.7. The molecule has 0 radical (unpaired) electrons. The molecule has 2 aliphatic rings. The van der Waals surface area contributed by atoms with E-state index in [0.29, 0.717) is 36.0 Å². The van der Waals surface area contributed by atoms with E-state index < -0.39 is 0 Å². The Labute approximate surface area is 283 Å². The van der Waals surface area contributed by atoms with Crippen LogP contribution in [0, 0.1) is 0 Å². The van der Waals surface area contributed by atoms with Crippen molar-refractivity contribution < 1.29 is 14.3 Å². The highest BCUT2D eigenvalue weighted by molar-refractivity contribution is 5.93. The van der Waals surface area contributed by atoms with Crippen LogP contribution < -0.4 is 4.74 Å². The highest BCUT2D eigenvalue weighted by Crippen LogP contribution is 2.35. The van der Waals surface area contributed by atoms with E-state index in [1.165, 1.54) is 0 Å². The molecule has 0 unspecified atom stereocenters. The van der Waals surface area contributed by atoms with Crippen molar-refractivity contribution in [3.8, 4) is 34.0 Å². The van der Waals surface area contributed by atoms with Gasteiger partial charge in [0.1, 0.15) is 34.5 Å². The lowest BCUT2D eigenvalue weighted by Gasteiger charge is -2.22. The second-order valence-corrected chi connectivity index (χ2v) is 12.3. The van der Waals surface area contributed by atoms with Gasteiger partial charge in [-0.2, -0.15) is 0 Å². The summed E-state index contributed by atoms with van der Waals surface area (Å²) in [6.45, 7) is 1.35. The summed E-state index contributed by atoms with van der Waals surface area (Å²) >= 11 is 0. The van der Waals surface area contributed by atoms with E-state index in [9.17, 15) is 9.59 Å². The Bertz CT molecular complexity index is 2080. The summed E-state index contributed by atoms with van der Waals surface area (Å²) in [6.07, 6.45) is 10.5. The smallest absolute Gasteiger partial charge is 0.273 e. The average molecular weight is 651 g/mol. The monoisotopic (exact) mass is 650 g/mol. The summed E-state index contributed by atoms with van der Waals surface area (Å²) in [5.41, 5.74) is 4.42. The van der Waals surface area contributed by atoms with Gasteiger partial charge in [0, 0.05) is 37.2 Å². The van der Waals surface area contributed by atoms with Crippen LogP contribution in [0.25, 0.3) is 22.5 Å². The Kier molecular flexibility index (Phi) is 8.14. The van der Waals surface area contributed by atoms with Crippen LogP contribution in [0.4, 0.5) is 0 Å². The minimum absolute atomic E-state index is 0.0760. The quantitative estimate of drug-likeness (QED) is 0.181. The standard InChI is InChI=1S/C38H34N8O3/c47-37(29-10-1-3-18-39-29)45-20-6-12-33(45)35-41-23-31(43-35)25-14-16-27(17-15-25)49-28-9-5-8-26(22-28)32-24-42-36(44-32)34-13-7-21-46(34)38(48)30-11-2-4-19-40-30/h1-5,8-11,14-19,22-24,33-34H,6-7,12-13,20-21H2,(H,41,43)(H,42,44)/t33-,34-/m0/s1. The van der Waals surface area contributed by atoms with Crippen LogP contribution in [0.5, 0.6) is 11.5 Å². The number of pyridine rings is 2. The van der Waals surface area contributed by atoms with Gasteiger partial charge in [-0.15, -0.1) is 0 Å². The van der Waals surface area contributed by atoms with E-state index in [0.717, 1.165) is 59.8 Å². The second-order valence-electron chi connectivity index (χ2n) is 12.3. The molecule has 0 saturated carbocycles. The molecule has 2 saturated heterocycles. The lowest BCUT2D eigenvalue weighted by atomic mass is 10.1. The number of rotatable bonds is 8. The van der Waals surface area contributed by atoms with Gasteiger partial charge in [0.25, 0.3) is 11.8 Å². The number of amides is 2. The lowest BCUT2D eigenvalue weighted by Crippen LogP contribution is -2.31. The maximum absolute atomic E-state index is 13.1. The number of nitrogens with one attached hydrogen (secondary N) is 2. The maximum Gasteiger partial charge on any atom is 0.273 e. The van der Waals surface area contributed by atoms with Crippen LogP contribution in [-0.4, -0.2) is 64.6 Å². The predicted octanol–water partition coefficient (Wildman–Crippen LogP) is 7.00. The number of H-pyrrole nitrogens is 2. The molecule has 6 aromatic rings. The molecule has 0 bridgehead atoms. The Balaban J connectivity index is 0.931. The van der Waals surface area contributed by atoms with Gasteiger partial charge in [0.2, 0.25) is 0 Å². The van der Waals surface area contributed by atoms with E-state index in [1.54, 1.807) is 24.5 Å². The third kappa shape index (κ3) is 6.18. The molecule has 2 N–H and O–H groups in total. The van der Waals surface area contributed by atoms with Gasteiger partial charge >= 0.3 is 0 Å². The zero-order valence-electron chi connectivity index (χ0n) is 26.7. The van der Waals surface area contributed by atoms with Crippen molar-refractivity contribution in [3.05, 3.63) is 133 Å². The molecule has 244 valence electrons. The lowest BCUT2D eigenvalue weighted by molar-refractivity contribution is 0.0717. The summed E-state index contributed by atoms with van der Waals surface area (Å²) in [5, 5.41) is 0. The largest absolute Gasteiger partial charge is 0.457 e. The van der Waals surface area contributed by atoms with E-state index in [4.69, 9.17) is 9.72 Å². The number of likely N-dealkylation sites (tertiary alicyclic amines) is 2. The van der Waals surface area contributed by atoms with Crippen LogP contribution in [0.2, 0.25) is 0 Å². The first-order valence-corrected chi connectivity index (χ1v) is 16.5. The van der Waals surface area contributed by atoms with Crippen LogP contribution in [0.1, 0.15) is 70.4 Å². The highest BCUT2D eigenvalue weighted by atomic mass is 16.5. The molecule has 2 aliphatic heterocycles. The van der Waals surface area contributed by atoms with Gasteiger partial charge < -0.3 is 24.5 Å². The fraction of sp³-hybridized carbons (Fsp3) is 0.211. The van der Waals surface area contributed by atoms with Crippen molar-refractivity contribution in [2.45, 2.75) is 37.8 Å².